The van der Waals surface area contributed by atoms with Gasteiger partial charge in [0, 0.05) is 11.4 Å². The molecule has 0 fully saturated rings. The van der Waals surface area contributed by atoms with Gasteiger partial charge in [0.25, 0.3) is 0 Å². The highest BCUT2D eigenvalue weighted by atomic mass is 15.1. The lowest BCUT2D eigenvalue weighted by atomic mass is 10.1. The Balaban J connectivity index is 1.92. The quantitative estimate of drug-likeness (QED) is 0.562. The van der Waals surface area contributed by atoms with Crippen molar-refractivity contribution in [2.75, 3.05) is 5.32 Å². The van der Waals surface area contributed by atoms with E-state index in [9.17, 15) is 0 Å². The number of aromatic nitrogens is 2. The predicted molar refractivity (Wildman–Crippen MR) is 107 cm³/mol. The first kappa shape index (κ1) is 19.4. The van der Waals surface area contributed by atoms with E-state index in [1.807, 2.05) is 12.1 Å². The lowest BCUT2D eigenvalue weighted by Gasteiger charge is -2.09. The van der Waals surface area contributed by atoms with Crippen LogP contribution in [0.1, 0.15) is 64.8 Å². The lowest BCUT2D eigenvalue weighted by Crippen LogP contribution is -2.01. The second kappa shape index (κ2) is 10.2. The average Bonchev–Trinajstić information content (AvgIpc) is 2.55. The SMILES string of the molecule is CC(C)CCCc1cccc(Nc2cccc(CCCC(C)C)n2)n1. The fraction of sp³-hybridized carbons (Fsp3) is 0.545. The van der Waals surface area contributed by atoms with E-state index >= 15 is 0 Å². The third kappa shape index (κ3) is 7.68. The molecule has 3 nitrogen and oxygen atoms in total. The summed E-state index contributed by atoms with van der Waals surface area (Å²) in [5, 5.41) is 3.36. The lowest BCUT2D eigenvalue weighted by molar-refractivity contribution is 0.553. The van der Waals surface area contributed by atoms with Gasteiger partial charge in [-0.1, -0.05) is 52.7 Å². The Labute approximate surface area is 153 Å². The number of anilines is 2. The van der Waals surface area contributed by atoms with Gasteiger partial charge in [0.2, 0.25) is 0 Å². The number of rotatable bonds is 10. The Morgan fingerprint density at radius 3 is 1.56 bits per heavy atom. The zero-order valence-corrected chi connectivity index (χ0v) is 16.3. The van der Waals surface area contributed by atoms with E-state index in [0.29, 0.717) is 0 Å². The van der Waals surface area contributed by atoms with Gasteiger partial charge in [0.05, 0.1) is 0 Å². The maximum atomic E-state index is 4.73. The Hall–Kier alpha value is -1.90. The summed E-state index contributed by atoms with van der Waals surface area (Å²) in [6.45, 7) is 9.08. The molecular weight excluding hydrogens is 306 g/mol. The van der Waals surface area contributed by atoms with E-state index in [1.165, 1.54) is 25.7 Å². The molecule has 0 aliphatic carbocycles. The highest BCUT2D eigenvalue weighted by Gasteiger charge is 2.03. The zero-order chi connectivity index (χ0) is 18.1. The minimum Gasteiger partial charge on any atom is -0.325 e. The second-order valence-corrected chi connectivity index (χ2v) is 7.73. The molecule has 0 radical (unpaired) electrons. The minimum absolute atomic E-state index is 0.754. The highest BCUT2D eigenvalue weighted by Crippen LogP contribution is 2.16. The number of hydrogen-bond acceptors (Lipinski definition) is 3. The van der Waals surface area contributed by atoms with Gasteiger partial charge in [-0.15, -0.1) is 0 Å². The maximum absolute atomic E-state index is 4.73. The van der Waals surface area contributed by atoms with Crippen molar-refractivity contribution in [2.24, 2.45) is 11.8 Å². The van der Waals surface area contributed by atoms with Crippen LogP contribution in [0.15, 0.2) is 36.4 Å². The summed E-state index contributed by atoms with van der Waals surface area (Å²) in [5.41, 5.74) is 2.30. The third-order valence-electron chi connectivity index (χ3n) is 4.30. The molecule has 3 heteroatoms. The van der Waals surface area contributed by atoms with Crippen LogP contribution in [-0.2, 0) is 12.8 Å². The molecule has 2 aromatic heterocycles. The minimum atomic E-state index is 0.754. The molecule has 0 aromatic carbocycles. The van der Waals surface area contributed by atoms with Crippen LogP contribution in [0.5, 0.6) is 0 Å². The van der Waals surface area contributed by atoms with Gasteiger partial charge in [-0.3, -0.25) is 0 Å². The van der Waals surface area contributed by atoms with E-state index in [2.05, 4.69) is 57.3 Å². The fourth-order valence-electron chi connectivity index (χ4n) is 2.89. The summed E-state index contributed by atoms with van der Waals surface area (Å²) < 4.78 is 0. The molecule has 25 heavy (non-hydrogen) atoms. The topological polar surface area (TPSA) is 37.8 Å². The van der Waals surface area contributed by atoms with E-state index in [4.69, 9.17) is 9.97 Å². The molecule has 0 unspecified atom stereocenters. The summed E-state index contributed by atoms with van der Waals surface area (Å²) in [6.07, 6.45) is 6.96. The molecule has 1 N–H and O–H groups in total. The number of nitrogens with zero attached hydrogens (tertiary/aromatic N) is 2. The Bertz CT molecular complexity index is 579. The van der Waals surface area contributed by atoms with Gasteiger partial charge in [-0.05, 0) is 61.8 Å². The van der Waals surface area contributed by atoms with Gasteiger partial charge in [0.15, 0.2) is 0 Å². The molecule has 0 atom stereocenters. The van der Waals surface area contributed by atoms with Crippen molar-refractivity contribution in [3.8, 4) is 0 Å². The van der Waals surface area contributed by atoms with Crippen molar-refractivity contribution in [3.63, 3.8) is 0 Å². The number of hydrogen-bond donors (Lipinski definition) is 1. The molecule has 0 saturated heterocycles. The van der Waals surface area contributed by atoms with Crippen LogP contribution >= 0.6 is 0 Å². The Kier molecular flexibility index (Phi) is 7.90. The summed E-state index contributed by atoms with van der Waals surface area (Å²) >= 11 is 0. The molecule has 0 bridgehead atoms. The number of nitrogens with one attached hydrogen (secondary N) is 1. The first-order valence-corrected chi connectivity index (χ1v) is 9.72. The molecule has 0 amide bonds. The normalized spacial score (nSPS) is 11.3. The van der Waals surface area contributed by atoms with Crippen LogP contribution in [0.2, 0.25) is 0 Å². The summed E-state index contributed by atoms with van der Waals surface area (Å²) in [7, 11) is 0. The maximum Gasteiger partial charge on any atom is 0.131 e. The van der Waals surface area contributed by atoms with Gasteiger partial charge < -0.3 is 5.32 Å². The third-order valence-corrected chi connectivity index (χ3v) is 4.30. The van der Waals surface area contributed by atoms with Crippen molar-refractivity contribution in [1.29, 1.82) is 0 Å². The summed E-state index contributed by atoms with van der Waals surface area (Å²) in [4.78, 5) is 9.46. The van der Waals surface area contributed by atoms with Gasteiger partial charge in [-0.2, -0.15) is 0 Å². The van der Waals surface area contributed by atoms with E-state index < -0.39 is 0 Å². The van der Waals surface area contributed by atoms with Crippen LogP contribution in [-0.4, -0.2) is 9.97 Å². The van der Waals surface area contributed by atoms with E-state index in [1.54, 1.807) is 0 Å². The van der Waals surface area contributed by atoms with Gasteiger partial charge in [0.1, 0.15) is 11.6 Å². The fourth-order valence-corrected chi connectivity index (χ4v) is 2.89. The van der Waals surface area contributed by atoms with Gasteiger partial charge >= 0.3 is 0 Å². The van der Waals surface area contributed by atoms with Crippen LogP contribution in [0.3, 0.4) is 0 Å². The molecule has 0 aliphatic rings. The molecule has 2 aromatic rings. The van der Waals surface area contributed by atoms with Crippen LogP contribution in [0.25, 0.3) is 0 Å². The largest absolute Gasteiger partial charge is 0.325 e. The summed E-state index contributed by atoms with van der Waals surface area (Å²) in [5.74, 6) is 3.27. The number of aryl methyl sites for hydroxylation is 2. The molecule has 136 valence electrons. The number of pyridine rings is 2. The first-order chi connectivity index (χ1) is 12.0. The van der Waals surface area contributed by atoms with Crippen molar-refractivity contribution in [1.82, 2.24) is 9.97 Å². The molecule has 2 heterocycles. The van der Waals surface area contributed by atoms with Crippen molar-refractivity contribution < 1.29 is 0 Å². The van der Waals surface area contributed by atoms with Crippen molar-refractivity contribution in [3.05, 3.63) is 47.8 Å². The molecule has 0 saturated carbocycles. The molecular formula is C22H33N3. The van der Waals surface area contributed by atoms with Crippen LogP contribution in [0, 0.1) is 11.8 Å². The van der Waals surface area contributed by atoms with Crippen molar-refractivity contribution in [2.45, 2.75) is 66.2 Å². The van der Waals surface area contributed by atoms with Crippen molar-refractivity contribution >= 4 is 11.6 Å². The second-order valence-electron chi connectivity index (χ2n) is 7.73. The first-order valence-electron chi connectivity index (χ1n) is 9.72. The summed E-state index contributed by atoms with van der Waals surface area (Å²) in [6, 6.07) is 12.4. The Morgan fingerprint density at radius 1 is 0.720 bits per heavy atom. The van der Waals surface area contributed by atoms with Crippen LogP contribution < -0.4 is 5.32 Å². The smallest absolute Gasteiger partial charge is 0.131 e. The average molecular weight is 340 g/mol. The molecule has 2 rings (SSSR count). The standard InChI is InChI=1S/C22H33N3/c1-17(2)9-5-11-19-13-7-15-21(23-19)25-22-16-8-14-20(24-22)12-6-10-18(3)4/h7-8,13-18H,5-6,9-12H2,1-4H3,(H,23,24,25). The van der Waals surface area contributed by atoms with E-state index in [0.717, 1.165) is 47.7 Å². The molecule has 0 aliphatic heterocycles. The highest BCUT2D eigenvalue weighted by molar-refractivity contribution is 5.51. The monoisotopic (exact) mass is 339 g/mol. The predicted octanol–water partition coefficient (Wildman–Crippen LogP) is 6.18. The Morgan fingerprint density at radius 2 is 1.16 bits per heavy atom. The van der Waals surface area contributed by atoms with Crippen LogP contribution in [0.4, 0.5) is 11.6 Å². The zero-order valence-electron chi connectivity index (χ0n) is 16.3. The molecule has 0 spiro atoms. The van der Waals surface area contributed by atoms with Gasteiger partial charge in [-0.25, -0.2) is 9.97 Å². The van der Waals surface area contributed by atoms with E-state index in [-0.39, 0.29) is 0 Å².